The van der Waals surface area contributed by atoms with E-state index in [4.69, 9.17) is 14.2 Å². The lowest BCUT2D eigenvalue weighted by molar-refractivity contribution is -0.228. The molecule has 1 aliphatic carbocycles. The van der Waals surface area contributed by atoms with Crippen LogP contribution in [0.15, 0.2) is 48.6 Å². The number of ether oxygens (including phenoxy) is 3. The Morgan fingerprint density at radius 1 is 0.966 bits per heavy atom. The van der Waals surface area contributed by atoms with Crippen molar-refractivity contribution in [1.82, 2.24) is 14.8 Å². The normalized spacial score (nSPS) is 37.0. The number of fused-ring (bicyclic) bond motifs is 6. The smallest absolute Gasteiger partial charge is 0.344 e. The van der Waals surface area contributed by atoms with E-state index in [0.29, 0.717) is 88.1 Å². The largest absolute Gasteiger partial charge is 0.468 e. The number of esters is 3. The fraction of sp³-hybridized carbons (Fsp3) is 0.587. The number of hydrogen-bond acceptors (Lipinski definition) is 12. The van der Waals surface area contributed by atoms with E-state index in [0.717, 1.165) is 27.7 Å². The number of nitrogens with one attached hydrogen (secondary N) is 1. The first-order chi connectivity index (χ1) is 28.2. The summed E-state index contributed by atoms with van der Waals surface area (Å²) in [6.07, 6.45) is 5.77. The molecule has 10 atom stereocenters. The van der Waals surface area contributed by atoms with Crippen LogP contribution in [0.25, 0.3) is 10.9 Å². The van der Waals surface area contributed by atoms with Crippen molar-refractivity contribution >= 4 is 34.5 Å². The maximum Gasteiger partial charge on any atom is 0.344 e. The van der Waals surface area contributed by atoms with E-state index < -0.39 is 64.1 Å². The van der Waals surface area contributed by atoms with Crippen LogP contribution in [0.1, 0.15) is 80.8 Å². The number of carbonyl (C=O) groups is 3. The summed E-state index contributed by atoms with van der Waals surface area (Å²) in [5, 5.41) is 37.8. The Kier molecular flexibility index (Phi) is 9.45. The van der Waals surface area contributed by atoms with E-state index in [9.17, 15) is 24.9 Å². The molecule has 2 aromatic carbocycles. The summed E-state index contributed by atoms with van der Waals surface area (Å²) in [4.78, 5) is 53.0. The van der Waals surface area contributed by atoms with Crippen LogP contribution in [-0.2, 0) is 52.5 Å². The standard InChI is InChI=1S/C46H58N4O9/c1-7-42(55)22-28-23-45(40(53)57-5,36-31(14-18-49(24-28)26-42)30-12-9-10-13-34(30)47-36)32-21-33-35(20-29(32)25-51)48(4)38-44(33)16-19-50-17-11-15-43(8-2,37(44)50)39(59-27(3)52)46(38,56)41(54)58-6/h9-13,15,20-21,28,37-39,47,51,55-56H,7-8,14,16-19,22-26H2,1-6H3/t28?,37?,38?,39-,42+,43-,44?,45+,46+/m1/s1. The summed E-state index contributed by atoms with van der Waals surface area (Å²) >= 11 is 0. The molecule has 5 aliphatic heterocycles. The van der Waals surface area contributed by atoms with Crippen molar-refractivity contribution < 1.29 is 43.9 Å². The minimum absolute atomic E-state index is 0.125. The second-order valence-corrected chi connectivity index (χ2v) is 18.3. The van der Waals surface area contributed by atoms with Crippen LogP contribution in [0.4, 0.5) is 5.69 Å². The van der Waals surface area contributed by atoms with Crippen molar-refractivity contribution in [3.05, 3.63) is 76.5 Å². The molecule has 0 amide bonds. The number of aliphatic hydroxyl groups is 3. The molecule has 2 bridgehead atoms. The van der Waals surface area contributed by atoms with Crippen molar-refractivity contribution in [3.8, 4) is 0 Å². The number of piperidine rings is 1. The van der Waals surface area contributed by atoms with Crippen LogP contribution in [0.2, 0.25) is 0 Å². The second kappa shape index (κ2) is 13.9. The van der Waals surface area contributed by atoms with Gasteiger partial charge in [-0.3, -0.25) is 19.4 Å². The fourth-order valence-corrected chi connectivity index (χ4v) is 13.6. The highest BCUT2D eigenvalue weighted by atomic mass is 16.6. The predicted octanol–water partition coefficient (Wildman–Crippen LogP) is 3.47. The number of aromatic amines is 1. The topological polar surface area (TPSA) is 165 Å². The van der Waals surface area contributed by atoms with Crippen LogP contribution in [-0.4, -0.2) is 131 Å². The van der Waals surface area contributed by atoms with Crippen molar-refractivity contribution in [2.24, 2.45) is 11.3 Å². The Bertz CT molecular complexity index is 2260. The van der Waals surface area contributed by atoms with Crippen LogP contribution >= 0.6 is 0 Å². The zero-order chi connectivity index (χ0) is 41.9. The lowest BCUT2D eigenvalue weighted by Crippen LogP contribution is -2.81. The zero-order valence-electron chi connectivity index (χ0n) is 35.0. The Labute approximate surface area is 345 Å². The first kappa shape index (κ1) is 40.2. The van der Waals surface area contributed by atoms with Gasteiger partial charge in [0.2, 0.25) is 5.60 Å². The molecule has 6 aliphatic rings. The van der Waals surface area contributed by atoms with Gasteiger partial charge in [0.05, 0.1) is 32.5 Å². The molecule has 13 heteroatoms. The highest BCUT2D eigenvalue weighted by Crippen LogP contribution is 2.68. The van der Waals surface area contributed by atoms with Crippen molar-refractivity contribution in [1.29, 1.82) is 0 Å². The molecule has 6 heterocycles. The maximum absolute atomic E-state index is 15.3. The average molecular weight is 811 g/mol. The van der Waals surface area contributed by atoms with Gasteiger partial charge in [0.25, 0.3) is 0 Å². The lowest BCUT2D eigenvalue weighted by Gasteiger charge is -2.63. The van der Waals surface area contributed by atoms with Gasteiger partial charge in [0, 0.05) is 79.3 Å². The van der Waals surface area contributed by atoms with Gasteiger partial charge in [-0.2, -0.15) is 0 Å². The Balaban J connectivity index is 1.36. The summed E-state index contributed by atoms with van der Waals surface area (Å²) < 4.78 is 17.5. The van der Waals surface area contributed by atoms with Gasteiger partial charge in [-0.1, -0.05) is 50.3 Å². The Hall–Kier alpha value is -4.27. The summed E-state index contributed by atoms with van der Waals surface area (Å²) in [5.41, 5.74) is -1.41. The second-order valence-electron chi connectivity index (χ2n) is 18.3. The molecule has 3 fully saturated rings. The SMILES string of the molecule is CC[C@]1(O)CC2CN(CCc3c([nH]c4ccccc34)[C@@](C(=O)OC)(c3cc4c(cc3CO)N(C)C3C45CCN4CC=C[C@](CC)(C45)[C@@H](OC(C)=O)[C@]3(O)C(=O)OC)C2)C1. The number of nitrogens with zero attached hydrogens (tertiary/aromatic N) is 3. The van der Waals surface area contributed by atoms with E-state index >= 15 is 4.79 Å². The summed E-state index contributed by atoms with van der Waals surface area (Å²) in [6, 6.07) is 10.8. The quantitative estimate of drug-likeness (QED) is 0.156. The Morgan fingerprint density at radius 3 is 2.42 bits per heavy atom. The van der Waals surface area contributed by atoms with Gasteiger partial charge >= 0.3 is 17.9 Å². The summed E-state index contributed by atoms with van der Waals surface area (Å²) in [6.45, 7) is 8.09. The van der Waals surface area contributed by atoms with Crippen LogP contribution in [0.3, 0.4) is 0 Å². The fourth-order valence-electron chi connectivity index (χ4n) is 13.6. The number of para-hydroxylation sites is 1. The van der Waals surface area contributed by atoms with E-state index in [-0.39, 0.29) is 12.0 Å². The number of benzene rings is 2. The molecule has 1 spiro atoms. The molecule has 2 saturated heterocycles. The molecule has 59 heavy (non-hydrogen) atoms. The molecule has 0 radical (unpaired) electrons. The van der Waals surface area contributed by atoms with E-state index in [1.807, 2.05) is 62.2 Å². The van der Waals surface area contributed by atoms with Gasteiger partial charge in [0.15, 0.2) is 6.10 Å². The maximum atomic E-state index is 15.3. The molecular formula is C46H58N4O9. The van der Waals surface area contributed by atoms with Crippen LogP contribution < -0.4 is 4.90 Å². The zero-order valence-corrected chi connectivity index (χ0v) is 35.0. The monoisotopic (exact) mass is 810 g/mol. The number of aliphatic hydroxyl groups excluding tert-OH is 1. The minimum atomic E-state index is -2.32. The van der Waals surface area contributed by atoms with E-state index in [2.05, 4.69) is 26.9 Å². The third kappa shape index (κ3) is 5.23. The first-order valence-electron chi connectivity index (χ1n) is 21.3. The van der Waals surface area contributed by atoms with Crippen molar-refractivity contribution in [2.75, 3.05) is 58.9 Å². The number of carbonyl (C=O) groups excluding carboxylic acids is 3. The van der Waals surface area contributed by atoms with Gasteiger partial charge in [0.1, 0.15) is 5.41 Å². The number of likely N-dealkylation sites (N-methyl/N-ethyl adjacent to an activating group) is 1. The average Bonchev–Trinajstić information content (AvgIpc) is 3.90. The summed E-state index contributed by atoms with van der Waals surface area (Å²) in [7, 11) is 4.49. The molecule has 13 nitrogen and oxygen atoms in total. The number of H-pyrrole nitrogens is 1. The molecule has 1 saturated carbocycles. The van der Waals surface area contributed by atoms with Crippen LogP contribution in [0, 0.1) is 11.3 Å². The molecule has 1 aromatic heterocycles. The number of methoxy groups -OCH3 is 2. The number of rotatable bonds is 7. The molecular weight excluding hydrogens is 753 g/mol. The number of hydrogen-bond donors (Lipinski definition) is 4. The molecule has 5 unspecified atom stereocenters. The van der Waals surface area contributed by atoms with Crippen LogP contribution in [0.5, 0.6) is 0 Å². The first-order valence-corrected chi connectivity index (χ1v) is 21.3. The highest BCUT2D eigenvalue weighted by Gasteiger charge is 2.80. The Morgan fingerprint density at radius 2 is 1.73 bits per heavy atom. The molecule has 3 aromatic rings. The third-order valence-electron chi connectivity index (χ3n) is 15.7. The third-order valence-corrected chi connectivity index (χ3v) is 15.7. The lowest BCUT2D eigenvalue weighted by atomic mass is 9.47. The van der Waals surface area contributed by atoms with Gasteiger partial charge < -0.3 is 39.4 Å². The number of anilines is 1. The highest BCUT2D eigenvalue weighted by molar-refractivity contribution is 5.94. The molecule has 4 N–H and O–H groups in total. The van der Waals surface area contributed by atoms with E-state index in [1.54, 1.807) is 0 Å². The minimum Gasteiger partial charge on any atom is -0.468 e. The van der Waals surface area contributed by atoms with Gasteiger partial charge in [-0.15, -0.1) is 0 Å². The molecule has 316 valence electrons. The van der Waals surface area contributed by atoms with Gasteiger partial charge in [-0.25, -0.2) is 4.79 Å². The predicted molar refractivity (Wildman–Crippen MR) is 220 cm³/mol. The molecule has 9 rings (SSSR count). The van der Waals surface area contributed by atoms with Crippen molar-refractivity contribution in [3.63, 3.8) is 0 Å². The number of aromatic nitrogens is 1. The van der Waals surface area contributed by atoms with Crippen molar-refractivity contribution in [2.45, 2.75) is 106 Å². The van der Waals surface area contributed by atoms with E-state index in [1.165, 1.54) is 21.1 Å². The summed E-state index contributed by atoms with van der Waals surface area (Å²) in [5.74, 6) is -2.11. The van der Waals surface area contributed by atoms with Gasteiger partial charge in [-0.05, 0) is 85.4 Å².